The highest BCUT2D eigenvalue weighted by atomic mass is 16.6. The van der Waals surface area contributed by atoms with Crippen molar-refractivity contribution in [1.29, 1.82) is 0 Å². The number of amides is 2. The first-order chi connectivity index (χ1) is 16.8. The quantitative estimate of drug-likeness (QED) is 0.565. The number of likely N-dealkylation sites (tertiary alicyclic amines) is 1. The summed E-state index contributed by atoms with van der Waals surface area (Å²) in [5.41, 5.74) is 0.249. The number of hydrogen-bond donors (Lipinski definition) is 2. The van der Waals surface area contributed by atoms with Gasteiger partial charge in [-0.1, -0.05) is 17.6 Å². The highest BCUT2D eigenvalue weighted by Gasteiger charge is 2.39. The number of nitrogens with zero attached hydrogens (tertiary/aromatic N) is 2. The van der Waals surface area contributed by atoms with E-state index in [9.17, 15) is 19.8 Å². The van der Waals surface area contributed by atoms with Gasteiger partial charge < -0.3 is 29.4 Å². The van der Waals surface area contributed by atoms with Crippen LogP contribution in [-0.4, -0.2) is 75.0 Å². The van der Waals surface area contributed by atoms with Crippen molar-refractivity contribution in [3.05, 3.63) is 28.8 Å². The number of rotatable bonds is 6. The van der Waals surface area contributed by atoms with Gasteiger partial charge in [0.1, 0.15) is 11.2 Å². The van der Waals surface area contributed by atoms with Crippen molar-refractivity contribution in [3.63, 3.8) is 0 Å². The Morgan fingerprint density at radius 2 is 1.65 bits per heavy atom. The van der Waals surface area contributed by atoms with Crippen LogP contribution in [0.3, 0.4) is 0 Å². The van der Waals surface area contributed by atoms with E-state index in [1.807, 2.05) is 34.6 Å². The lowest BCUT2D eigenvalue weighted by molar-refractivity contribution is -0.148. The molecule has 1 atom stereocenters. The van der Waals surface area contributed by atoms with Gasteiger partial charge in [-0.3, -0.25) is 4.79 Å². The Labute approximate surface area is 222 Å². The van der Waals surface area contributed by atoms with Gasteiger partial charge in [0, 0.05) is 19.6 Å². The zero-order chi connectivity index (χ0) is 28.0. The van der Waals surface area contributed by atoms with E-state index in [1.165, 1.54) is 13.8 Å². The molecular formula is C28H45BN2O6. The second-order valence-corrected chi connectivity index (χ2v) is 13.0. The maximum atomic E-state index is 13.1. The molecule has 206 valence electrons. The van der Waals surface area contributed by atoms with Crippen LogP contribution in [0, 0.1) is 0 Å². The predicted molar refractivity (Wildman–Crippen MR) is 145 cm³/mol. The Bertz CT molecular complexity index is 1020. The van der Waals surface area contributed by atoms with Gasteiger partial charge in [0.15, 0.2) is 0 Å². The number of benzene rings is 1. The molecule has 0 saturated carbocycles. The maximum Gasteiger partial charge on any atom is 0.410 e. The van der Waals surface area contributed by atoms with Crippen LogP contribution >= 0.6 is 0 Å². The first kappa shape index (κ1) is 29.5. The van der Waals surface area contributed by atoms with Gasteiger partial charge in [-0.05, 0) is 98.3 Å². The lowest BCUT2D eigenvalue weighted by atomic mass is 9.78. The van der Waals surface area contributed by atoms with E-state index in [2.05, 4.69) is 12.1 Å². The second-order valence-electron chi connectivity index (χ2n) is 13.0. The van der Waals surface area contributed by atoms with Crippen molar-refractivity contribution in [2.45, 2.75) is 117 Å². The summed E-state index contributed by atoms with van der Waals surface area (Å²) in [5.74, 6) is -0.307. The van der Waals surface area contributed by atoms with E-state index in [4.69, 9.17) is 9.39 Å². The van der Waals surface area contributed by atoms with E-state index in [-0.39, 0.29) is 18.0 Å². The van der Waals surface area contributed by atoms with Crippen molar-refractivity contribution < 1.29 is 29.2 Å². The van der Waals surface area contributed by atoms with Crippen molar-refractivity contribution in [2.75, 3.05) is 13.1 Å². The molecule has 1 aromatic rings. The second kappa shape index (κ2) is 10.2. The SMILES string of the molecule is CC(C)(C)OC(=O)N1CCC[C@H]1c1cc(BOC(C)(C)C(C)(C)O)cc2c1CN(C(=O)C(C)(C)O)CC2. The molecule has 8 nitrogen and oxygen atoms in total. The number of aliphatic hydroxyl groups is 2. The lowest BCUT2D eigenvalue weighted by Gasteiger charge is -2.38. The van der Waals surface area contributed by atoms with E-state index in [0.717, 1.165) is 35.0 Å². The molecule has 2 amide bonds. The summed E-state index contributed by atoms with van der Waals surface area (Å²) < 4.78 is 11.9. The molecular weight excluding hydrogens is 471 g/mol. The topological polar surface area (TPSA) is 99.5 Å². The fourth-order valence-corrected chi connectivity index (χ4v) is 4.78. The smallest absolute Gasteiger partial charge is 0.410 e. The molecule has 2 aliphatic heterocycles. The number of hydrogen-bond acceptors (Lipinski definition) is 6. The molecule has 2 heterocycles. The van der Waals surface area contributed by atoms with Gasteiger partial charge in [0.25, 0.3) is 5.91 Å². The van der Waals surface area contributed by atoms with Gasteiger partial charge in [0.2, 0.25) is 0 Å². The van der Waals surface area contributed by atoms with Crippen LogP contribution in [0.15, 0.2) is 12.1 Å². The standard InChI is InChI=1S/C28H45BN2O6/c1-25(2,3)36-24(33)31-13-10-11-22(31)20-16-19(29-37-28(8,9)27(6,7)35)15-18-12-14-30(17-21(18)20)23(32)26(4,5)34/h15-16,22,29,34-35H,10-14,17H2,1-9H3/t22-/m0/s1. The zero-order valence-electron chi connectivity index (χ0n) is 24.1. The minimum atomic E-state index is -1.45. The van der Waals surface area contributed by atoms with E-state index in [0.29, 0.717) is 33.5 Å². The summed E-state index contributed by atoms with van der Waals surface area (Å²) in [6.45, 7) is 17.3. The van der Waals surface area contributed by atoms with E-state index >= 15 is 0 Å². The zero-order valence-corrected chi connectivity index (χ0v) is 24.1. The summed E-state index contributed by atoms with van der Waals surface area (Å²) in [5, 5.41) is 20.9. The monoisotopic (exact) mass is 516 g/mol. The number of fused-ring (bicyclic) bond motifs is 1. The van der Waals surface area contributed by atoms with Crippen LogP contribution in [0.1, 0.15) is 97.9 Å². The first-order valence-corrected chi connectivity index (χ1v) is 13.3. The van der Waals surface area contributed by atoms with Crippen molar-refractivity contribution >= 4 is 24.9 Å². The van der Waals surface area contributed by atoms with E-state index in [1.54, 1.807) is 23.6 Å². The summed E-state index contributed by atoms with van der Waals surface area (Å²) in [6, 6.07) is 4.01. The minimum Gasteiger partial charge on any atom is -0.444 e. The number of carbonyl (C=O) groups excluding carboxylic acids is 2. The number of ether oxygens (including phenoxy) is 1. The van der Waals surface area contributed by atoms with Crippen LogP contribution in [0.4, 0.5) is 4.79 Å². The third-order valence-electron chi connectivity index (χ3n) is 7.56. The highest BCUT2D eigenvalue weighted by Crippen LogP contribution is 2.37. The highest BCUT2D eigenvalue weighted by molar-refractivity contribution is 6.47. The van der Waals surface area contributed by atoms with Gasteiger partial charge in [0.05, 0.1) is 17.2 Å². The van der Waals surface area contributed by atoms with Crippen LogP contribution < -0.4 is 5.46 Å². The fourth-order valence-electron chi connectivity index (χ4n) is 4.78. The molecule has 0 aliphatic carbocycles. The van der Waals surface area contributed by atoms with Crippen molar-refractivity contribution in [2.24, 2.45) is 0 Å². The van der Waals surface area contributed by atoms with Crippen LogP contribution in [0.5, 0.6) is 0 Å². The largest absolute Gasteiger partial charge is 0.444 e. The Kier molecular flexibility index (Phi) is 8.15. The summed E-state index contributed by atoms with van der Waals surface area (Å²) in [4.78, 5) is 29.5. The summed E-state index contributed by atoms with van der Waals surface area (Å²) in [6.07, 6.45) is 1.96. The number of carbonyl (C=O) groups is 2. The Morgan fingerprint density at radius 3 is 2.22 bits per heavy atom. The van der Waals surface area contributed by atoms with Crippen LogP contribution in [0.25, 0.3) is 0 Å². The average molecular weight is 516 g/mol. The molecule has 1 fully saturated rings. The molecule has 2 aliphatic rings. The predicted octanol–water partition coefficient (Wildman–Crippen LogP) is 2.96. The first-order valence-electron chi connectivity index (χ1n) is 13.3. The molecule has 2 N–H and O–H groups in total. The third kappa shape index (κ3) is 6.86. The van der Waals surface area contributed by atoms with E-state index < -0.39 is 22.4 Å². The van der Waals surface area contributed by atoms with Crippen molar-refractivity contribution in [3.8, 4) is 0 Å². The Morgan fingerprint density at radius 1 is 1.00 bits per heavy atom. The van der Waals surface area contributed by atoms with Gasteiger partial charge in [-0.2, -0.15) is 0 Å². The van der Waals surface area contributed by atoms with Gasteiger partial charge in [-0.15, -0.1) is 0 Å². The molecule has 1 saturated heterocycles. The molecule has 9 heteroatoms. The van der Waals surface area contributed by atoms with Crippen LogP contribution in [-0.2, 0) is 27.2 Å². The Balaban J connectivity index is 2.00. The average Bonchev–Trinajstić information content (AvgIpc) is 3.23. The minimum absolute atomic E-state index is 0.178. The fraction of sp³-hybridized carbons (Fsp3) is 0.714. The molecule has 3 rings (SSSR count). The lowest BCUT2D eigenvalue weighted by Crippen LogP contribution is -2.49. The third-order valence-corrected chi connectivity index (χ3v) is 7.56. The summed E-state index contributed by atoms with van der Waals surface area (Å²) in [7, 11) is 0.308. The molecule has 0 radical (unpaired) electrons. The van der Waals surface area contributed by atoms with Crippen molar-refractivity contribution in [1.82, 2.24) is 9.80 Å². The normalized spacial score (nSPS) is 19.1. The Hall–Kier alpha value is -2.10. The van der Waals surface area contributed by atoms with Gasteiger partial charge in [-0.25, -0.2) is 4.79 Å². The molecule has 0 spiro atoms. The molecule has 0 bridgehead atoms. The molecule has 37 heavy (non-hydrogen) atoms. The molecule has 0 unspecified atom stereocenters. The van der Waals surface area contributed by atoms with Gasteiger partial charge >= 0.3 is 13.6 Å². The summed E-state index contributed by atoms with van der Waals surface area (Å²) >= 11 is 0. The molecule has 1 aromatic carbocycles. The molecule has 0 aromatic heterocycles. The van der Waals surface area contributed by atoms with Crippen LogP contribution in [0.2, 0.25) is 0 Å². The maximum absolute atomic E-state index is 13.1.